The Hall–Kier alpha value is -2.11. The van der Waals surface area contributed by atoms with Crippen molar-refractivity contribution in [3.05, 3.63) is 23.9 Å². The first-order valence-electron chi connectivity index (χ1n) is 5.37. The smallest absolute Gasteiger partial charge is 0.336 e. The van der Waals surface area contributed by atoms with E-state index in [1.165, 1.54) is 13.2 Å². The number of aldehydes is 1. The summed E-state index contributed by atoms with van der Waals surface area (Å²) in [6.45, 7) is 5.15. The number of nitrogens with one attached hydrogen (secondary N) is 1. The maximum absolute atomic E-state index is 11.6. The van der Waals surface area contributed by atoms with E-state index in [1.54, 1.807) is 6.92 Å². The van der Waals surface area contributed by atoms with Crippen molar-refractivity contribution in [3.63, 3.8) is 0 Å². The lowest BCUT2D eigenvalue weighted by atomic mass is 10.1. The van der Waals surface area contributed by atoms with Crippen LogP contribution in [-0.4, -0.2) is 38.5 Å². The zero-order chi connectivity index (χ0) is 14.0. The molecule has 100 valence electrons. The van der Waals surface area contributed by atoms with E-state index in [4.69, 9.17) is 4.74 Å². The van der Waals surface area contributed by atoms with Gasteiger partial charge in [0.25, 0.3) is 0 Å². The fourth-order valence-corrected chi connectivity index (χ4v) is 1.12. The Labute approximate surface area is 106 Å². The summed E-state index contributed by atoms with van der Waals surface area (Å²) in [6.07, 6.45) is 2.09. The molecule has 0 saturated heterocycles. The highest BCUT2D eigenvalue weighted by atomic mass is 16.5. The monoisotopic (exact) mass is 255 g/mol. The number of carbonyl (C=O) groups is 3. The van der Waals surface area contributed by atoms with Crippen LogP contribution in [0.3, 0.4) is 0 Å². The topological polar surface area (TPSA) is 81.7 Å². The molecule has 18 heavy (non-hydrogen) atoms. The molecular formula is C12H17NO5. The van der Waals surface area contributed by atoms with Crippen molar-refractivity contribution >= 4 is 18.2 Å². The summed E-state index contributed by atoms with van der Waals surface area (Å²) in [5, 5.41) is 2.53. The van der Waals surface area contributed by atoms with Crippen LogP contribution in [0.2, 0.25) is 0 Å². The van der Waals surface area contributed by atoms with Crippen molar-refractivity contribution in [2.24, 2.45) is 0 Å². The second-order valence-corrected chi connectivity index (χ2v) is 3.15. The molecule has 6 nitrogen and oxygen atoms in total. The number of esters is 2. The molecule has 0 rings (SSSR count). The molecule has 1 N–H and O–H groups in total. The summed E-state index contributed by atoms with van der Waals surface area (Å²) in [7, 11) is 1.23. The van der Waals surface area contributed by atoms with E-state index in [0.29, 0.717) is 6.29 Å². The van der Waals surface area contributed by atoms with Crippen LogP contribution in [0.25, 0.3) is 0 Å². The lowest BCUT2D eigenvalue weighted by Crippen LogP contribution is -2.27. The fraction of sp³-hybridized carbons (Fsp3) is 0.417. The number of ether oxygens (including phenoxy) is 2. The number of hydrogen-bond donors (Lipinski definition) is 1. The summed E-state index contributed by atoms with van der Waals surface area (Å²) in [5.74, 6) is -1.16. The van der Waals surface area contributed by atoms with Crippen molar-refractivity contribution in [2.75, 3.05) is 20.3 Å². The predicted octanol–water partition coefficient (Wildman–Crippen LogP) is 0.341. The van der Waals surface area contributed by atoms with E-state index in [1.807, 2.05) is 0 Å². The number of hydrogen-bond acceptors (Lipinski definition) is 6. The largest absolute Gasteiger partial charge is 0.468 e. The van der Waals surface area contributed by atoms with Gasteiger partial charge in [0.05, 0.1) is 25.0 Å². The van der Waals surface area contributed by atoms with Crippen molar-refractivity contribution in [3.8, 4) is 0 Å². The summed E-state index contributed by atoms with van der Waals surface area (Å²) < 4.78 is 9.23. The first-order chi connectivity index (χ1) is 8.60. The third-order valence-electron chi connectivity index (χ3n) is 1.96. The van der Waals surface area contributed by atoms with Gasteiger partial charge in [0, 0.05) is 0 Å². The van der Waals surface area contributed by atoms with Gasteiger partial charge in [0.15, 0.2) is 6.29 Å². The van der Waals surface area contributed by atoms with Crippen LogP contribution in [0.1, 0.15) is 13.3 Å². The minimum atomic E-state index is -0.614. The molecule has 0 unspecified atom stereocenters. The summed E-state index contributed by atoms with van der Waals surface area (Å²) in [6, 6.07) is 0. The molecule has 0 aromatic rings. The van der Waals surface area contributed by atoms with Gasteiger partial charge in [-0.2, -0.15) is 0 Å². The highest BCUT2D eigenvalue weighted by Crippen LogP contribution is 2.08. The van der Waals surface area contributed by atoms with Crippen LogP contribution in [0, 0.1) is 0 Å². The Bertz CT molecular complexity index is 359. The van der Waals surface area contributed by atoms with Gasteiger partial charge in [-0.3, -0.25) is 9.59 Å². The summed E-state index contributed by atoms with van der Waals surface area (Å²) in [5.41, 5.74) is 0.129. The maximum Gasteiger partial charge on any atom is 0.336 e. The Balaban J connectivity index is 4.97. The van der Waals surface area contributed by atoms with E-state index in [-0.39, 0.29) is 30.8 Å². The first kappa shape index (κ1) is 15.9. The standard InChI is InChI=1S/C12H17NO5/c1-4-6-9(12(16)18-5-2)10(8-14)13-7-11(15)17-3/h4,8,13H,1,5-7H2,2-3H3/b10-9+. The highest BCUT2D eigenvalue weighted by molar-refractivity contribution is 5.95. The molecule has 0 aromatic heterocycles. The Morgan fingerprint density at radius 2 is 2.06 bits per heavy atom. The predicted molar refractivity (Wildman–Crippen MR) is 64.6 cm³/mol. The summed E-state index contributed by atoms with van der Waals surface area (Å²) in [4.78, 5) is 33.5. The second kappa shape index (κ2) is 8.98. The number of allylic oxidation sites excluding steroid dienone is 2. The van der Waals surface area contributed by atoms with Crippen LogP contribution in [0.5, 0.6) is 0 Å². The van der Waals surface area contributed by atoms with E-state index in [9.17, 15) is 14.4 Å². The van der Waals surface area contributed by atoms with Crippen LogP contribution >= 0.6 is 0 Å². The van der Waals surface area contributed by atoms with E-state index in [2.05, 4.69) is 16.6 Å². The minimum absolute atomic E-state index is 0.00116. The SMILES string of the molecule is C=CC/C(C(=O)OCC)=C(/C=O)NCC(=O)OC. The molecule has 0 spiro atoms. The van der Waals surface area contributed by atoms with Gasteiger partial charge >= 0.3 is 11.9 Å². The van der Waals surface area contributed by atoms with Gasteiger partial charge < -0.3 is 14.8 Å². The molecule has 0 fully saturated rings. The van der Waals surface area contributed by atoms with Crippen LogP contribution in [0.15, 0.2) is 23.9 Å². The molecule has 0 aromatic carbocycles. The first-order valence-corrected chi connectivity index (χ1v) is 5.37. The molecule has 0 aliphatic heterocycles. The van der Waals surface area contributed by atoms with Gasteiger partial charge in [-0.05, 0) is 13.3 Å². The lowest BCUT2D eigenvalue weighted by molar-refractivity contribution is -0.140. The van der Waals surface area contributed by atoms with E-state index >= 15 is 0 Å². The molecule has 0 atom stereocenters. The molecule has 0 radical (unpaired) electrons. The third-order valence-corrected chi connectivity index (χ3v) is 1.96. The Kier molecular flexibility index (Phi) is 7.92. The van der Waals surface area contributed by atoms with Crippen molar-refractivity contribution < 1.29 is 23.9 Å². The van der Waals surface area contributed by atoms with Crippen molar-refractivity contribution in [1.29, 1.82) is 0 Å². The van der Waals surface area contributed by atoms with Crippen molar-refractivity contribution in [2.45, 2.75) is 13.3 Å². The lowest BCUT2D eigenvalue weighted by Gasteiger charge is -2.10. The molecular weight excluding hydrogens is 238 g/mol. The average Bonchev–Trinajstić information content (AvgIpc) is 2.37. The normalized spacial score (nSPS) is 11.0. The Morgan fingerprint density at radius 3 is 2.50 bits per heavy atom. The third kappa shape index (κ3) is 5.29. The highest BCUT2D eigenvalue weighted by Gasteiger charge is 2.15. The fourth-order valence-electron chi connectivity index (χ4n) is 1.12. The number of carbonyl (C=O) groups excluding carboxylic acids is 3. The number of rotatable bonds is 8. The molecule has 0 bridgehead atoms. The zero-order valence-corrected chi connectivity index (χ0v) is 10.5. The van der Waals surface area contributed by atoms with Crippen LogP contribution in [-0.2, 0) is 23.9 Å². The average molecular weight is 255 g/mol. The zero-order valence-electron chi connectivity index (χ0n) is 10.5. The van der Waals surface area contributed by atoms with E-state index in [0.717, 1.165) is 0 Å². The van der Waals surface area contributed by atoms with Gasteiger partial charge in [-0.25, -0.2) is 4.79 Å². The van der Waals surface area contributed by atoms with E-state index < -0.39 is 11.9 Å². The van der Waals surface area contributed by atoms with Crippen LogP contribution in [0.4, 0.5) is 0 Å². The molecule has 6 heteroatoms. The van der Waals surface area contributed by atoms with Gasteiger partial charge in [-0.1, -0.05) is 6.08 Å². The minimum Gasteiger partial charge on any atom is -0.468 e. The van der Waals surface area contributed by atoms with Gasteiger partial charge in [-0.15, -0.1) is 6.58 Å². The van der Waals surface area contributed by atoms with Gasteiger partial charge in [0.1, 0.15) is 6.54 Å². The van der Waals surface area contributed by atoms with Crippen molar-refractivity contribution in [1.82, 2.24) is 5.32 Å². The second-order valence-electron chi connectivity index (χ2n) is 3.15. The Morgan fingerprint density at radius 1 is 1.39 bits per heavy atom. The quantitative estimate of drug-likeness (QED) is 0.291. The maximum atomic E-state index is 11.6. The molecule has 0 aliphatic rings. The summed E-state index contributed by atoms with van der Waals surface area (Å²) >= 11 is 0. The molecule has 0 saturated carbocycles. The molecule has 0 aliphatic carbocycles. The van der Waals surface area contributed by atoms with Crippen LogP contribution < -0.4 is 5.32 Å². The van der Waals surface area contributed by atoms with Gasteiger partial charge in [0.2, 0.25) is 0 Å². The number of methoxy groups -OCH3 is 1. The molecule has 0 amide bonds. The molecule has 0 heterocycles.